The second-order valence-corrected chi connectivity index (χ2v) is 5.34. The fraction of sp³-hybridized carbons (Fsp3) is 0. The number of nitrogens with two attached hydrogens (primary N) is 1. The summed E-state index contributed by atoms with van der Waals surface area (Å²) in [5.41, 5.74) is 6.17. The SMILES string of the molecule is N/C(=N/O)c1c(Br)cccc1Oc1ccccc1Br. The summed E-state index contributed by atoms with van der Waals surface area (Å²) in [5.74, 6) is 1.12. The molecule has 0 aliphatic heterocycles. The van der Waals surface area contributed by atoms with Crippen LogP contribution in [0.4, 0.5) is 0 Å². The standard InChI is InChI=1S/C13H10Br2N2O2/c14-8-4-1-2-6-10(8)19-11-7-3-5-9(15)12(11)13(16)17-18/h1-7,18H,(H2,16,17). The summed E-state index contributed by atoms with van der Waals surface area (Å²) in [6.07, 6.45) is 0. The zero-order chi connectivity index (χ0) is 13.8. The summed E-state index contributed by atoms with van der Waals surface area (Å²) in [5, 5.41) is 11.9. The summed E-state index contributed by atoms with van der Waals surface area (Å²) in [4.78, 5) is 0. The molecule has 0 saturated heterocycles. The van der Waals surface area contributed by atoms with Crippen LogP contribution in [-0.2, 0) is 0 Å². The van der Waals surface area contributed by atoms with Gasteiger partial charge in [0.25, 0.3) is 0 Å². The van der Waals surface area contributed by atoms with Crippen molar-refractivity contribution < 1.29 is 9.94 Å². The van der Waals surface area contributed by atoms with Crippen molar-refractivity contribution in [3.05, 3.63) is 57.0 Å². The van der Waals surface area contributed by atoms with Gasteiger partial charge in [-0.2, -0.15) is 0 Å². The van der Waals surface area contributed by atoms with Crippen LogP contribution in [0.3, 0.4) is 0 Å². The van der Waals surface area contributed by atoms with Crippen LogP contribution in [0.5, 0.6) is 11.5 Å². The second kappa shape index (κ2) is 6.08. The van der Waals surface area contributed by atoms with Crippen LogP contribution < -0.4 is 10.5 Å². The first-order valence-electron chi connectivity index (χ1n) is 5.32. The lowest BCUT2D eigenvalue weighted by molar-refractivity contribution is 0.318. The molecule has 2 aromatic carbocycles. The molecule has 19 heavy (non-hydrogen) atoms. The number of para-hydroxylation sites is 1. The van der Waals surface area contributed by atoms with E-state index in [-0.39, 0.29) is 5.84 Å². The number of nitrogens with zero attached hydrogens (tertiary/aromatic N) is 1. The summed E-state index contributed by atoms with van der Waals surface area (Å²) in [6.45, 7) is 0. The van der Waals surface area contributed by atoms with Crippen LogP contribution in [0.15, 0.2) is 56.6 Å². The summed E-state index contributed by atoms with van der Waals surface area (Å²) < 4.78 is 7.30. The summed E-state index contributed by atoms with van der Waals surface area (Å²) in [7, 11) is 0. The highest BCUT2D eigenvalue weighted by molar-refractivity contribution is 9.10. The van der Waals surface area contributed by atoms with E-state index < -0.39 is 0 Å². The number of benzene rings is 2. The van der Waals surface area contributed by atoms with E-state index >= 15 is 0 Å². The smallest absolute Gasteiger partial charge is 0.175 e. The number of oxime groups is 1. The molecule has 0 bridgehead atoms. The molecular formula is C13H10Br2N2O2. The summed E-state index contributed by atoms with van der Waals surface area (Å²) in [6, 6.07) is 12.8. The van der Waals surface area contributed by atoms with E-state index in [1.165, 1.54) is 0 Å². The number of hydrogen-bond acceptors (Lipinski definition) is 3. The molecule has 0 fully saturated rings. The van der Waals surface area contributed by atoms with Gasteiger partial charge in [0, 0.05) is 4.47 Å². The van der Waals surface area contributed by atoms with Crippen molar-refractivity contribution in [2.75, 3.05) is 0 Å². The molecule has 98 valence electrons. The number of amidine groups is 1. The second-order valence-electron chi connectivity index (χ2n) is 3.63. The van der Waals surface area contributed by atoms with Gasteiger partial charge >= 0.3 is 0 Å². The Morgan fingerprint density at radius 1 is 1.00 bits per heavy atom. The van der Waals surface area contributed by atoms with Crippen molar-refractivity contribution >= 4 is 37.7 Å². The molecule has 0 radical (unpaired) electrons. The highest BCUT2D eigenvalue weighted by Gasteiger charge is 2.14. The van der Waals surface area contributed by atoms with Crippen LogP contribution in [0.1, 0.15) is 5.56 Å². The van der Waals surface area contributed by atoms with E-state index in [9.17, 15) is 0 Å². The maximum absolute atomic E-state index is 8.84. The van der Waals surface area contributed by atoms with E-state index in [1.807, 2.05) is 30.3 Å². The normalized spacial score (nSPS) is 11.4. The van der Waals surface area contributed by atoms with Crippen LogP contribution in [-0.4, -0.2) is 11.0 Å². The van der Waals surface area contributed by atoms with E-state index in [1.54, 1.807) is 12.1 Å². The average Bonchev–Trinajstić information content (AvgIpc) is 2.41. The minimum Gasteiger partial charge on any atom is -0.455 e. The number of ether oxygens (including phenoxy) is 1. The fourth-order valence-electron chi connectivity index (χ4n) is 1.53. The molecule has 0 atom stereocenters. The van der Waals surface area contributed by atoms with Crippen molar-refractivity contribution in [3.8, 4) is 11.5 Å². The largest absolute Gasteiger partial charge is 0.455 e. The van der Waals surface area contributed by atoms with Crippen molar-refractivity contribution in [2.24, 2.45) is 10.9 Å². The molecule has 0 saturated carbocycles. The Balaban J connectivity index is 2.47. The van der Waals surface area contributed by atoms with E-state index in [4.69, 9.17) is 15.7 Å². The Bertz CT molecular complexity index is 630. The molecule has 0 aliphatic rings. The molecule has 2 aromatic rings. The first kappa shape index (κ1) is 13.9. The van der Waals surface area contributed by atoms with Crippen molar-refractivity contribution in [1.29, 1.82) is 0 Å². The molecule has 0 aliphatic carbocycles. The third kappa shape index (κ3) is 3.08. The van der Waals surface area contributed by atoms with Gasteiger partial charge in [-0.25, -0.2) is 0 Å². The quantitative estimate of drug-likeness (QED) is 0.361. The topological polar surface area (TPSA) is 67.8 Å². The molecule has 4 nitrogen and oxygen atoms in total. The molecule has 0 unspecified atom stereocenters. The number of rotatable bonds is 3. The zero-order valence-electron chi connectivity index (χ0n) is 9.68. The molecule has 0 aromatic heterocycles. The lowest BCUT2D eigenvalue weighted by atomic mass is 10.2. The Kier molecular flexibility index (Phi) is 4.44. The fourth-order valence-corrected chi connectivity index (χ4v) is 2.45. The minimum atomic E-state index is -0.0190. The molecule has 2 rings (SSSR count). The van der Waals surface area contributed by atoms with Crippen molar-refractivity contribution in [1.82, 2.24) is 0 Å². The van der Waals surface area contributed by atoms with Gasteiger partial charge in [-0.05, 0) is 56.1 Å². The van der Waals surface area contributed by atoms with Crippen molar-refractivity contribution in [3.63, 3.8) is 0 Å². The monoisotopic (exact) mass is 384 g/mol. The van der Waals surface area contributed by atoms with Gasteiger partial charge < -0.3 is 15.7 Å². The van der Waals surface area contributed by atoms with E-state index in [0.29, 0.717) is 21.5 Å². The first-order chi connectivity index (χ1) is 9.13. The van der Waals surface area contributed by atoms with Gasteiger partial charge in [0.05, 0.1) is 10.0 Å². The van der Waals surface area contributed by atoms with Gasteiger partial charge in [0.2, 0.25) is 0 Å². The van der Waals surface area contributed by atoms with Crippen LogP contribution in [0.2, 0.25) is 0 Å². The number of halogens is 2. The minimum absolute atomic E-state index is 0.0190. The van der Waals surface area contributed by atoms with E-state index in [0.717, 1.165) is 4.47 Å². The highest BCUT2D eigenvalue weighted by Crippen LogP contribution is 2.33. The number of hydrogen-bond donors (Lipinski definition) is 2. The van der Waals surface area contributed by atoms with E-state index in [2.05, 4.69) is 37.0 Å². The molecule has 0 spiro atoms. The predicted molar refractivity (Wildman–Crippen MR) is 80.9 cm³/mol. The Morgan fingerprint density at radius 3 is 2.32 bits per heavy atom. The van der Waals surface area contributed by atoms with Crippen LogP contribution in [0, 0.1) is 0 Å². The maximum atomic E-state index is 8.84. The molecule has 0 heterocycles. The average molecular weight is 386 g/mol. The Hall–Kier alpha value is -1.53. The van der Waals surface area contributed by atoms with Gasteiger partial charge in [-0.15, -0.1) is 0 Å². The van der Waals surface area contributed by atoms with Gasteiger partial charge in [-0.3, -0.25) is 0 Å². The van der Waals surface area contributed by atoms with Gasteiger partial charge in [0.1, 0.15) is 11.5 Å². The molecule has 6 heteroatoms. The zero-order valence-corrected chi connectivity index (χ0v) is 12.8. The van der Waals surface area contributed by atoms with Crippen LogP contribution in [0.25, 0.3) is 0 Å². The first-order valence-corrected chi connectivity index (χ1v) is 6.91. The third-order valence-electron chi connectivity index (χ3n) is 2.40. The highest BCUT2D eigenvalue weighted by atomic mass is 79.9. The third-order valence-corrected chi connectivity index (χ3v) is 3.71. The lowest BCUT2D eigenvalue weighted by Gasteiger charge is -2.12. The maximum Gasteiger partial charge on any atom is 0.175 e. The van der Waals surface area contributed by atoms with Gasteiger partial charge in [-0.1, -0.05) is 23.4 Å². The van der Waals surface area contributed by atoms with Crippen molar-refractivity contribution in [2.45, 2.75) is 0 Å². The van der Waals surface area contributed by atoms with Crippen LogP contribution >= 0.6 is 31.9 Å². The molecule has 0 amide bonds. The Morgan fingerprint density at radius 2 is 1.63 bits per heavy atom. The summed E-state index contributed by atoms with van der Waals surface area (Å²) >= 11 is 6.76. The Labute approximate surface area is 127 Å². The predicted octanol–water partition coefficient (Wildman–Crippen LogP) is 4.10. The van der Waals surface area contributed by atoms with Gasteiger partial charge in [0.15, 0.2) is 5.84 Å². The lowest BCUT2D eigenvalue weighted by Crippen LogP contribution is -2.15. The molecule has 3 N–H and O–H groups in total. The molecular weight excluding hydrogens is 376 g/mol.